The first-order valence-electron chi connectivity index (χ1n) is 5.62. The lowest BCUT2D eigenvalue weighted by molar-refractivity contribution is 0.112. The highest BCUT2D eigenvalue weighted by Crippen LogP contribution is 2.29. The maximum Gasteiger partial charge on any atom is 0.150 e. The van der Waals surface area contributed by atoms with Crippen LogP contribution < -0.4 is 0 Å². The van der Waals surface area contributed by atoms with Crippen LogP contribution >= 0.6 is 0 Å². The molecule has 0 unspecified atom stereocenters. The van der Waals surface area contributed by atoms with Gasteiger partial charge in [-0.1, -0.05) is 37.3 Å². The summed E-state index contributed by atoms with van der Waals surface area (Å²) in [5.74, 6) is 0.200. The quantitative estimate of drug-likeness (QED) is 0.814. The molecular formula is C15H14O2. The van der Waals surface area contributed by atoms with Crippen molar-refractivity contribution in [2.24, 2.45) is 0 Å². The summed E-state index contributed by atoms with van der Waals surface area (Å²) in [6.07, 6.45) is 1.59. The summed E-state index contributed by atoms with van der Waals surface area (Å²) in [5.41, 5.74) is 3.27. The molecule has 2 rings (SSSR count). The Balaban J connectivity index is 2.68. The molecule has 0 radical (unpaired) electrons. The van der Waals surface area contributed by atoms with E-state index in [4.69, 9.17) is 0 Å². The van der Waals surface area contributed by atoms with Gasteiger partial charge in [0.25, 0.3) is 0 Å². The fourth-order valence-corrected chi connectivity index (χ4v) is 1.98. The van der Waals surface area contributed by atoms with Crippen LogP contribution in [0.15, 0.2) is 42.5 Å². The zero-order valence-corrected chi connectivity index (χ0v) is 9.68. The average Bonchev–Trinajstić information content (AvgIpc) is 2.38. The van der Waals surface area contributed by atoms with Crippen LogP contribution in [0.25, 0.3) is 11.1 Å². The number of aromatic hydroxyl groups is 1. The third kappa shape index (κ3) is 2.21. The van der Waals surface area contributed by atoms with Gasteiger partial charge in [0.2, 0.25) is 0 Å². The molecule has 2 heteroatoms. The topological polar surface area (TPSA) is 37.3 Å². The number of hydrogen-bond donors (Lipinski definition) is 1. The molecule has 0 saturated heterocycles. The van der Waals surface area contributed by atoms with E-state index in [2.05, 4.69) is 0 Å². The van der Waals surface area contributed by atoms with E-state index in [1.165, 1.54) is 0 Å². The summed E-state index contributed by atoms with van der Waals surface area (Å²) in [7, 11) is 0. The molecule has 0 amide bonds. The Morgan fingerprint density at radius 1 is 1.18 bits per heavy atom. The van der Waals surface area contributed by atoms with Crippen molar-refractivity contribution in [1.29, 1.82) is 0 Å². The smallest absolute Gasteiger partial charge is 0.150 e. The fraction of sp³-hybridized carbons (Fsp3) is 0.133. The molecule has 0 atom stereocenters. The first-order valence-corrected chi connectivity index (χ1v) is 5.62. The van der Waals surface area contributed by atoms with E-state index in [-0.39, 0.29) is 5.75 Å². The Kier molecular flexibility index (Phi) is 3.24. The summed E-state index contributed by atoms with van der Waals surface area (Å²) < 4.78 is 0. The lowest BCUT2D eigenvalue weighted by Gasteiger charge is -2.10. The Hall–Kier alpha value is -2.09. The van der Waals surface area contributed by atoms with Gasteiger partial charge in [-0.25, -0.2) is 0 Å². The number of carbonyl (C=O) groups is 1. The van der Waals surface area contributed by atoms with Gasteiger partial charge in [0, 0.05) is 5.56 Å². The van der Waals surface area contributed by atoms with Gasteiger partial charge in [0.15, 0.2) is 6.29 Å². The highest BCUT2D eigenvalue weighted by molar-refractivity contribution is 5.90. The first kappa shape index (κ1) is 11.4. The van der Waals surface area contributed by atoms with Gasteiger partial charge in [0.1, 0.15) is 5.75 Å². The van der Waals surface area contributed by atoms with Crippen LogP contribution in [0.3, 0.4) is 0 Å². The number of carbonyl (C=O) groups excluding carboxylic acids is 1. The number of aryl methyl sites for hydroxylation is 1. The second kappa shape index (κ2) is 4.83. The molecule has 0 aromatic heterocycles. The molecule has 0 aliphatic heterocycles. The van der Waals surface area contributed by atoms with E-state index >= 15 is 0 Å². The minimum atomic E-state index is 0.200. The van der Waals surface area contributed by atoms with E-state index in [1.54, 1.807) is 12.1 Å². The van der Waals surface area contributed by atoms with E-state index in [0.717, 1.165) is 29.4 Å². The molecule has 0 spiro atoms. The van der Waals surface area contributed by atoms with Gasteiger partial charge in [-0.3, -0.25) is 4.79 Å². The molecule has 1 N–H and O–H groups in total. The van der Waals surface area contributed by atoms with Crippen LogP contribution in [-0.4, -0.2) is 11.4 Å². The largest absolute Gasteiger partial charge is 0.508 e. The van der Waals surface area contributed by atoms with Gasteiger partial charge >= 0.3 is 0 Å². The molecule has 17 heavy (non-hydrogen) atoms. The Morgan fingerprint density at radius 3 is 2.47 bits per heavy atom. The second-order valence-electron chi connectivity index (χ2n) is 3.90. The summed E-state index contributed by atoms with van der Waals surface area (Å²) >= 11 is 0. The maximum absolute atomic E-state index is 11.2. The molecule has 86 valence electrons. The molecule has 0 aliphatic rings. The predicted molar refractivity (Wildman–Crippen MR) is 68.3 cm³/mol. The van der Waals surface area contributed by atoms with E-state index in [1.807, 2.05) is 37.3 Å². The third-order valence-electron chi connectivity index (χ3n) is 2.83. The minimum Gasteiger partial charge on any atom is -0.508 e. The fourth-order valence-electron chi connectivity index (χ4n) is 1.98. The molecule has 0 fully saturated rings. The monoisotopic (exact) mass is 226 g/mol. The molecule has 0 heterocycles. The van der Waals surface area contributed by atoms with E-state index < -0.39 is 0 Å². The van der Waals surface area contributed by atoms with Crippen molar-refractivity contribution in [2.45, 2.75) is 13.3 Å². The summed E-state index contributed by atoms with van der Waals surface area (Å²) in [4.78, 5) is 11.2. The molecule has 2 aromatic rings. The van der Waals surface area contributed by atoms with Crippen LogP contribution in [0.1, 0.15) is 22.8 Å². The molecule has 0 saturated carbocycles. The van der Waals surface area contributed by atoms with Gasteiger partial charge in [0.05, 0.1) is 0 Å². The number of phenolic OH excluding ortho intramolecular Hbond substituents is 1. The summed E-state index contributed by atoms with van der Waals surface area (Å²) in [6, 6.07) is 12.9. The third-order valence-corrected chi connectivity index (χ3v) is 2.83. The van der Waals surface area contributed by atoms with Crippen molar-refractivity contribution in [1.82, 2.24) is 0 Å². The van der Waals surface area contributed by atoms with Crippen molar-refractivity contribution in [3.63, 3.8) is 0 Å². The van der Waals surface area contributed by atoms with Crippen molar-refractivity contribution >= 4 is 6.29 Å². The van der Waals surface area contributed by atoms with Crippen LogP contribution in [0.4, 0.5) is 0 Å². The summed E-state index contributed by atoms with van der Waals surface area (Å²) in [6.45, 7) is 1.97. The van der Waals surface area contributed by atoms with Crippen LogP contribution in [0.5, 0.6) is 5.75 Å². The lowest BCUT2D eigenvalue weighted by atomic mass is 9.94. The van der Waals surface area contributed by atoms with Crippen molar-refractivity contribution in [3.05, 3.63) is 53.6 Å². The highest BCUT2D eigenvalue weighted by atomic mass is 16.3. The molecule has 2 aromatic carbocycles. The molecule has 0 bridgehead atoms. The normalized spacial score (nSPS) is 10.2. The van der Waals surface area contributed by atoms with Crippen molar-refractivity contribution in [2.75, 3.05) is 0 Å². The van der Waals surface area contributed by atoms with Crippen molar-refractivity contribution < 1.29 is 9.90 Å². The van der Waals surface area contributed by atoms with Gasteiger partial charge in [-0.2, -0.15) is 0 Å². The van der Waals surface area contributed by atoms with Gasteiger partial charge in [-0.05, 0) is 35.2 Å². The number of benzene rings is 2. The maximum atomic E-state index is 11.2. The number of aldehydes is 1. The van der Waals surface area contributed by atoms with E-state index in [9.17, 15) is 9.90 Å². The Morgan fingerprint density at radius 2 is 1.88 bits per heavy atom. The van der Waals surface area contributed by atoms with Gasteiger partial charge in [-0.15, -0.1) is 0 Å². The standard InChI is InChI=1S/C15H14O2/c1-2-11-8-13(17)9-14(15(11)10-16)12-6-4-3-5-7-12/h3-10,17H,2H2,1H3. The van der Waals surface area contributed by atoms with Crippen LogP contribution in [-0.2, 0) is 6.42 Å². The minimum absolute atomic E-state index is 0.200. The number of phenols is 1. The van der Waals surface area contributed by atoms with Crippen LogP contribution in [0, 0.1) is 0 Å². The second-order valence-corrected chi connectivity index (χ2v) is 3.90. The first-order chi connectivity index (χ1) is 8.26. The zero-order chi connectivity index (χ0) is 12.3. The number of rotatable bonds is 3. The van der Waals surface area contributed by atoms with E-state index in [0.29, 0.717) is 5.56 Å². The Bertz CT molecular complexity index is 530. The molecule has 0 aliphatic carbocycles. The SMILES string of the molecule is CCc1cc(O)cc(-c2ccccc2)c1C=O. The lowest BCUT2D eigenvalue weighted by Crippen LogP contribution is -1.95. The summed E-state index contributed by atoms with van der Waals surface area (Å²) in [5, 5.41) is 9.69. The highest BCUT2D eigenvalue weighted by Gasteiger charge is 2.10. The molecular weight excluding hydrogens is 212 g/mol. The zero-order valence-electron chi connectivity index (χ0n) is 9.68. The number of hydrogen-bond acceptors (Lipinski definition) is 2. The molecule has 2 nitrogen and oxygen atoms in total. The van der Waals surface area contributed by atoms with Crippen molar-refractivity contribution in [3.8, 4) is 16.9 Å². The predicted octanol–water partition coefficient (Wildman–Crippen LogP) is 3.43. The Labute approximate surface area is 101 Å². The van der Waals surface area contributed by atoms with Gasteiger partial charge < -0.3 is 5.11 Å². The van der Waals surface area contributed by atoms with Crippen LogP contribution in [0.2, 0.25) is 0 Å². The average molecular weight is 226 g/mol.